The highest BCUT2D eigenvalue weighted by Crippen LogP contribution is 2.38. The third-order valence-corrected chi connectivity index (χ3v) is 7.37. The van der Waals surface area contributed by atoms with E-state index in [9.17, 15) is 9.90 Å². The highest BCUT2D eigenvalue weighted by atomic mass is 16.7. The van der Waals surface area contributed by atoms with E-state index in [4.69, 9.17) is 14.2 Å². The van der Waals surface area contributed by atoms with Gasteiger partial charge in [-0.1, -0.05) is 72.8 Å². The maximum atomic E-state index is 12.5. The Bertz CT molecular complexity index is 1480. The molecule has 44 heavy (non-hydrogen) atoms. The van der Waals surface area contributed by atoms with Gasteiger partial charge in [0, 0.05) is 37.3 Å². The minimum atomic E-state index is -0.535. The van der Waals surface area contributed by atoms with Crippen LogP contribution in [0.1, 0.15) is 41.1 Å². The number of benzene rings is 4. The molecule has 2 amide bonds. The van der Waals surface area contributed by atoms with Crippen LogP contribution in [-0.4, -0.2) is 42.3 Å². The second-order valence-corrected chi connectivity index (χ2v) is 10.8. The van der Waals surface area contributed by atoms with Gasteiger partial charge in [-0.2, -0.15) is 0 Å². The second kappa shape index (κ2) is 15.3. The van der Waals surface area contributed by atoms with Crippen LogP contribution in [0, 0.1) is 0 Å². The first-order valence-electron chi connectivity index (χ1n) is 14.8. The number of anilines is 1. The average Bonchev–Trinajstić information content (AvgIpc) is 3.05. The number of carbonyl (C=O) groups excluding carboxylic acids is 1. The number of amides is 2. The second-order valence-electron chi connectivity index (χ2n) is 10.8. The van der Waals surface area contributed by atoms with Crippen LogP contribution in [0.3, 0.4) is 0 Å². The molecule has 0 saturated carbocycles. The van der Waals surface area contributed by atoms with Crippen LogP contribution in [0.2, 0.25) is 0 Å². The summed E-state index contributed by atoms with van der Waals surface area (Å²) in [6, 6.07) is 32.2. The molecule has 4 aromatic rings. The highest BCUT2D eigenvalue weighted by molar-refractivity contribution is 5.89. The summed E-state index contributed by atoms with van der Waals surface area (Å²) in [5.74, 6) is 1.44. The SMILES string of the molecule is C=CCN(C)C[C@@H]1C[C@H](c2ccc(CO)cc2)O[C@H](c2ccc(CNC(=O)Nc3ccc(Oc4ccccc4)cc3)cc2)O1. The molecule has 1 aliphatic heterocycles. The van der Waals surface area contributed by atoms with Crippen molar-refractivity contribution in [3.05, 3.63) is 138 Å². The van der Waals surface area contributed by atoms with Crippen molar-refractivity contribution in [2.45, 2.75) is 38.1 Å². The van der Waals surface area contributed by atoms with Crippen LogP contribution in [-0.2, 0) is 22.6 Å². The topological polar surface area (TPSA) is 92.3 Å². The quantitative estimate of drug-likeness (QED) is 0.154. The number of rotatable bonds is 12. The molecule has 8 nitrogen and oxygen atoms in total. The van der Waals surface area contributed by atoms with Gasteiger partial charge < -0.3 is 34.9 Å². The molecule has 0 spiro atoms. The molecule has 0 aliphatic carbocycles. The van der Waals surface area contributed by atoms with Gasteiger partial charge >= 0.3 is 6.03 Å². The lowest BCUT2D eigenvalue weighted by Crippen LogP contribution is -2.37. The van der Waals surface area contributed by atoms with Crippen molar-refractivity contribution in [2.75, 3.05) is 25.5 Å². The Balaban J connectivity index is 1.16. The maximum Gasteiger partial charge on any atom is 0.319 e. The van der Waals surface area contributed by atoms with Gasteiger partial charge in [-0.15, -0.1) is 6.58 Å². The zero-order valence-electron chi connectivity index (χ0n) is 24.9. The van der Waals surface area contributed by atoms with Crippen LogP contribution in [0.4, 0.5) is 10.5 Å². The van der Waals surface area contributed by atoms with Gasteiger partial charge in [-0.05, 0) is 60.1 Å². The zero-order valence-corrected chi connectivity index (χ0v) is 24.9. The van der Waals surface area contributed by atoms with E-state index in [1.54, 1.807) is 12.1 Å². The van der Waals surface area contributed by atoms with Gasteiger partial charge in [0.05, 0.1) is 18.8 Å². The summed E-state index contributed by atoms with van der Waals surface area (Å²) in [6.45, 7) is 5.73. The molecular formula is C36H39N3O5. The van der Waals surface area contributed by atoms with Gasteiger partial charge in [-0.3, -0.25) is 0 Å². The third-order valence-electron chi connectivity index (χ3n) is 7.37. The summed E-state index contributed by atoms with van der Waals surface area (Å²) >= 11 is 0. The Morgan fingerprint density at radius 2 is 1.57 bits per heavy atom. The lowest BCUT2D eigenvalue weighted by Gasteiger charge is -2.37. The predicted molar refractivity (Wildman–Crippen MR) is 171 cm³/mol. The monoisotopic (exact) mass is 593 g/mol. The van der Waals surface area contributed by atoms with Crippen LogP contribution >= 0.6 is 0 Å². The minimum absolute atomic E-state index is 0.00704. The first-order valence-corrected chi connectivity index (χ1v) is 14.8. The molecule has 228 valence electrons. The summed E-state index contributed by atoms with van der Waals surface area (Å²) < 4.78 is 18.6. The largest absolute Gasteiger partial charge is 0.457 e. The van der Waals surface area contributed by atoms with Gasteiger partial charge in [0.1, 0.15) is 11.5 Å². The van der Waals surface area contributed by atoms with E-state index in [2.05, 4.69) is 22.1 Å². The predicted octanol–water partition coefficient (Wildman–Crippen LogP) is 6.96. The van der Waals surface area contributed by atoms with Crippen LogP contribution in [0.15, 0.2) is 116 Å². The summed E-state index contributed by atoms with van der Waals surface area (Å²) in [6.07, 6.45) is 1.88. The van der Waals surface area contributed by atoms with Gasteiger partial charge in [0.15, 0.2) is 6.29 Å². The minimum Gasteiger partial charge on any atom is -0.457 e. The molecule has 5 rings (SSSR count). The number of aliphatic hydroxyl groups excluding tert-OH is 1. The summed E-state index contributed by atoms with van der Waals surface area (Å²) in [4.78, 5) is 14.7. The normalized spacial score (nSPS) is 18.0. The number of aliphatic hydroxyl groups is 1. The number of hydrogen-bond donors (Lipinski definition) is 3. The number of nitrogens with zero attached hydrogens (tertiary/aromatic N) is 1. The van der Waals surface area contributed by atoms with Crippen molar-refractivity contribution in [3.8, 4) is 11.5 Å². The smallest absolute Gasteiger partial charge is 0.319 e. The van der Waals surface area contributed by atoms with E-state index < -0.39 is 6.29 Å². The molecule has 3 N–H and O–H groups in total. The van der Waals surface area contributed by atoms with Crippen molar-refractivity contribution in [1.29, 1.82) is 0 Å². The fourth-order valence-corrected chi connectivity index (χ4v) is 5.06. The van der Waals surface area contributed by atoms with E-state index >= 15 is 0 Å². The van der Waals surface area contributed by atoms with Gasteiger partial charge in [0.25, 0.3) is 0 Å². The van der Waals surface area contributed by atoms with Crippen molar-refractivity contribution in [2.24, 2.45) is 0 Å². The summed E-state index contributed by atoms with van der Waals surface area (Å²) in [7, 11) is 2.05. The standard InChI is InChI=1S/C36H39N3O5/c1-3-21-39(2)24-33-22-34(28-13-11-27(25-40)12-14-28)44-35(43-33)29-15-9-26(10-16-29)23-37-36(41)38-30-17-19-32(20-18-30)42-31-7-5-4-6-8-31/h3-20,33-35,40H,1,21-25H2,2H3,(H2,37,38,41)/t33-,34+,35+/m0/s1. The molecular weight excluding hydrogens is 554 g/mol. The summed E-state index contributed by atoms with van der Waals surface area (Å²) in [5, 5.41) is 15.2. The van der Waals surface area contributed by atoms with Crippen molar-refractivity contribution in [1.82, 2.24) is 10.2 Å². The maximum absolute atomic E-state index is 12.5. The molecule has 1 saturated heterocycles. The van der Waals surface area contributed by atoms with Crippen LogP contribution in [0.25, 0.3) is 0 Å². The fraction of sp³-hybridized carbons (Fsp3) is 0.250. The van der Waals surface area contributed by atoms with E-state index in [0.717, 1.165) is 47.5 Å². The number of para-hydroxylation sites is 1. The van der Waals surface area contributed by atoms with Crippen molar-refractivity contribution in [3.63, 3.8) is 0 Å². The van der Waals surface area contributed by atoms with Crippen molar-refractivity contribution >= 4 is 11.7 Å². The van der Waals surface area contributed by atoms with Gasteiger partial charge in [0.2, 0.25) is 0 Å². The number of urea groups is 1. The number of nitrogens with one attached hydrogen (secondary N) is 2. The number of hydrogen-bond acceptors (Lipinski definition) is 6. The van der Waals surface area contributed by atoms with Crippen LogP contribution < -0.4 is 15.4 Å². The number of carbonyl (C=O) groups is 1. The Hall–Kier alpha value is -4.47. The lowest BCUT2D eigenvalue weighted by molar-refractivity contribution is -0.252. The molecule has 4 aromatic carbocycles. The lowest BCUT2D eigenvalue weighted by atomic mass is 9.99. The number of ether oxygens (including phenoxy) is 3. The molecule has 0 bridgehead atoms. The Labute approximate surface area is 258 Å². The zero-order chi connectivity index (χ0) is 30.7. The number of likely N-dealkylation sites (N-methyl/N-ethyl adjacent to an activating group) is 1. The van der Waals surface area contributed by atoms with E-state index in [0.29, 0.717) is 18.0 Å². The van der Waals surface area contributed by atoms with E-state index in [1.807, 2.05) is 104 Å². The molecule has 0 radical (unpaired) electrons. The Morgan fingerprint density at radius 1 is 0.909 bits per heavy atom. The van der Waals surface area contributed by atoms with E-state index in [-0.39, 0.29) is 24.8 Å². The Morgan fingerprint density at radius 3 is 2.25 bits per heavy atom. The molecule has 1 aliphatic rings. The highest BCUT2D eigenvalue weighted by Gasteiger charge is 2.32. The molecule has 1 fully saturated rings. The molecule has 0 aromatic heterocycles. The molecule has 1 heterocycles. The Kier molecular flexibility index (Phi) is 10.8. The fourth-order valence-electron chi connectivity index (χ4n) is 5.06. The molecule has 3 atom stereocenters. The van der Waals surface area contributed by atoms with Crippen LogP contribution in [0.5, 0.6) is 11.5 Å². The molecule has 0 unspecified atom stereocenters. The molecule has 8 heteroatoms. The first-order chi connectivity index (χ1) is 21.5. The summed E-state index contributed by atoms with van der Waals surface area (Å²) in [5.41, 5.74) is 4.44. The van der Waals surface area contributed by atoms with E-state index in [1.165, 1.54) is 0 Å². The van der Waals surface area contributed by atoms with Gasteiger partial charge in [-0.25, -0.2) is 4.79 Å². The van der Waals surface area contributed by atoms with Crippen molar-refractivity contribution < 1.29 is 24.1 Å². The first kappa shape index (κ1) is 31.0. The third kappa shape index (κ3) is 8.78. The average molecular weight is 594 g/mol.